The van der Waals surface area contributed by atoms with E-state index in [9.17, 15) is 0 Å². The second-order valence-electron chi connectivity index (χ2n) is 1.05. The molecule has 1 heteroatoms. The van der Waals surface area contributed by atoms with Gasteiger partial charge in [-0.15, -0.1) is 0 Å². The van der Waals surface area contributed by atoms with Gasteiger partial charge in [0.25, 0.3) is 0 Å². The minimum absolute atomic E-state index is 0.417. The van der Waals surface area contributed by atoms with E-state index in [1.165, 1.54) is 0 Å². The highest BCUT2D eigenvalue weighted by molar-refractivity contribution is 7.80. The topological polar surface area (TPSA) is 0 Å². The molecule has 0 fully saturated rings. The van der Waals surface area contributed by atoms with Gasteiger partial charge in [0.2, 0.25) is 0 Å². The highest BCUT2D eigenvalue weighted by Gasteiger charge is 1.71. The van der Waals surface area contributed by atoms with Crippen LogP contribution in [0.5, 0.6) is 0 Å². The molecule has 0 aliphatic rings. The molecule has 4 heavy (non-hydrogen) atoms. The van der Waals surface area contributed by atoms with Gasteiger partial charge in [0.05, 0.1) is 0 Å². The van der Waals surface area contributed by atoms with Crippen molar-refractivity contribution < 1.29 is 0 Å². The summed E-state index contributed by atoms with van der Waals surface area (Å²) < 4.78 is 0. The molecule has 0 aromatic heterocycles. The van der Waals surface area contributed by atoms with Crippen LogP contribution in [0.3, 0.4) is 0 Å². The Morgan fingerprint density at radius 2 is 1.50 bits per heavy atom. The van der Waals surface area contributed by atoms with Crippen LogP contribution >= 0.6 is 12.6 Å². The Bertz CT molecular complexity index is 8.00. The third-order valence-electron chi connectivity index (χ3n) is 0. The van der Waals surface area contributed by atoms with Gasteiger partial charge in [0, 0.05) is 5.25 Å². The average Bonchev–Trinajstić information content (AvgIpc) is 0.811. The first kappa shape index (κ1) is 4.35. The normalized spacial score (nSPS) is 9.00. The molecular formula is C3H7S. The Labute approximate surface area is 32.6 Å². The van der Waals surface area contributed by atoms with Crippen LogP contribution in [0.4, 0.5) is 0 Å². The third kappa shape index (κ3) is 35.0. The lowest BCUT2D eigenvalue weighted by molar-refractivity contribution is 1.13. The van der Waals surface area contributed by atoms with Gasteiger partial charge in [0.1, 0.15) is 0 Å². The lowest BCUT2D eigenvalue weighted by Crippen LogP contribution is -1.71. The van der Waals surface area contributed by atoms with Crippen LogP contribution in [-0.2, 0) is 0 Å². The van der Waals surface area contributed by atoms with Crippen molar-refractivity contribution in [3.63, 3.8) is 0 Å². The number of hydrogen-bond acceptors (Lipinski definition) is 0. The largest absolute Gasteiger partial charge is 0.0910 e. The van der Waals surface area contributed by atoms with E-state index in [1.807, 2.05) is 13.8 Å². The monoisotopic (exact) mass is 75.0 g/mol. The summed E-state index contributed by atoms with van der Waals surface area (Å²) in [7, 11) is 0. The van der Waals surface area contributed by atoms with E-state index in [2.05, 4.69) is 12.6 Å². The molecule has 0 rings (SSSR count). The molecule has 0 unspecified atom stereocenters. The van der Waals surface area contributed by atoms with Gasteiger partial charge >= 0.3 is 0 Å². The van der Waals surface area contributed by atoms with Crippen LogP contribution in [0, 0.1) is 0 Å². The number of rotatable bonds is 0. The maximum absolute atomic E-state index is 4.62. The van der Waals surface area contributed by atoms with Crippen LogP contribution in [0.2, 0.25) is 0 Å². The minimum atomic E-state index is 0.417. The molecule has 0 N–H and O–H groups in total. The fourth-order valence-electron chi connectivity index (χ4n) is 0. The Hall–Kier alpha value is 0.350. The Kier molecular flexibility index (Phi) is 1.79. The van der Waals surface area contributed by atoms with E-state index in [0.717, 1.165) is 0 Å². The zero-order valence-corrected chi connectivity index (χ0v) is 3.80. The molecule has 0 amide bonds. The van der Waals surface area contributed by atoms with Crippen molar-refractivity contribution in [2.75, 3.05) is 0 Å². The fourth-order valence-corrected chi connectivity index (χ4v) is 0. The molecule has 0 aromatic rings. The zero-order valence-electron chi connectivity index (χ0n) is 2.99. The Morgan fingerprint density at radius 3 is 1.50 bits per heavy atom. The highest BCUT2D eigenvalue weighted by Crippen LogP contribution is 1.83. The zero-order chi connectivity index (χ0) is 3.58. The van der Waals surface area contributed by atoms with Crippen molar-refractivity contribution in [3.05, 3.63) is 0 Å². The van der Waals surface area contributed by atoms with Gasteiger partial charge in [-0.25, -0.2) is 0 Å². The van der Waals surface area contributed by atoms with Crippen LogP contribution < -0.4 is 0 Å². The van der Waals surface area contributed by atoms with Crippen molar-refractivity contribution >= 4 is 12.6 Å². The molecule has 0 bridgehead atoms. The Balaban J connectivity index is 2.32. The summed E-state index contributed by atoms with van der Waals surface area (Å²) in [6.45, 7) is 3.96. The van der Waals surface area contributed by atoms with E-state index in [1.54, 1.807) is 0 Å². The van der Waals surface area contributed by atoms with Crippen LogP contribution in [-0.4, -0.2) is 5.25 Å². The molecule has 0 aliphatic heterocycles. The lowest BCUT2D eigenvalue weighted by atomic mass is 10.6. The maximum Gasteiger partial charge on any atom is 0.00945 e. The lowest BCUT2D eigenvalue weighted by Gasteiger charge is -1.76. The summed E-state index contributed by atoms with van der Waals surface area (Å²) >= 11 is 4.62. The van der Waals surface area contributed by atoms with E-state index < -0.39 is 0 Å². The van der Waals surface area contributed by atoms with Crippen LogP contribution in [0.15, 0.2) is 0 Å². The van der Waals surface area contributed by atoms with Gasteiger partial charge in [-0.2, -0.15) is 0 Å². The molecule has 0 atom stereocenters. The van der Waals surface area contributed by atoms with E-state index >= 15 is 0 Å². The molecule has 0 heterocycles. The smallest absolute Gasteiger partial charge is 0.00945 e. The third-order valence-corrected chi connectivity index (χ3v) is 0. The van der Waals surface area contributed by atoms with Crippen molar-refractivity contribution in [2.24, 2.45) is 0 Å². The minimum Gasteiger partial charge on any atom is -0.0910 e. The molecular weight excluding hydrogens is 68.1 g/mol. The second-order valence-corrected chi connectivity index (χ2v) is 1.99. The van der Waals surface area contributed by atoms with Crippen molar-refractivity contribution in [1.29, 1.82) is 0 Å². The average molecular weight is 75.2 g/mol. The molecule has 0 saturated heterocycles. The first-order valence-corrected chi connectivity index (χ1v) is 1.86. The first-order chi connectivity index (χ1) is 1.73. The van der Waals surface area contributed by atoms with Crippen LogP contribution in [0.1, 0.15) is 13.8 Å². The van der Waals surface area contributed by atoms with E-state index in [0.29, 0.717) is 5.25 Å². The summed E-state index contributed by atoms with van der Waals surface area (Å²) in [5.41, 5.74) is 0. The molecule has 0 spiro atoms. The molecule has 1 radical (unpaired) electrons. The summed E-state index contributed by atoms with van der Waals surface area (Å²) in [4.78, 5) is 0. The highest BCUT2D eigenvalue weighted by atomic mass is 32.1. The maximum atomic E-state index is 4.62. The fraction of sp³-hybridized carbons (Fsp3) is 1.00. The molecule has 0 saturated carbocycles. The molecule has 0 nitrogen and oxygen atoms in total. The molecule has 0 aromatic carbocycles. The summed E-state index contributed by atoms with van der Waals surface area (Å²) in [6, 6.07) is 0. The first-order valence-electron chi connectivity index (χ1n) is 1.39. The van der Waals surface area contributed by atoms with Gasteiger partial charge in [-0.1, -0.05) is 26.5 Å². The van der Waals surface area contributed by atoms with Crippen molar-refractivity contribution in [2.45, 2.75) is 19.1 Å². The quantitative estimate of drug-likeness (QED) is 0.410. The van der Waals surface area contributed by atoms with Gasteiger partial charge in [-0.3, -0.25) is 0 Å². The summed E-state index contributed by atoms with van der Waals surface area (Å²) in [6.07, 6.45) is 0. The Morgan fingerprint density at radius 1 is 1.50 bits per heavy atom. The van der Waals surface area contributed by atoms with E-state index in [-0.39, 0.29) is 0 Å². The second kappa shape index (κ2) is 1.65. The number of hydrogen-bond donors (Lipinski definition) is 0. The SMILES string of the molecule is CC(C)[S]. The van der Waals surface area contributed by atoms with Gasteiger partial charge in [-0.05, 0) is 0 Å². The molecule has 25 valence electrons. The predicted molar refractivity (Wildman–Crippen MR) is 22.7 cm³/mol. The van der Waals surface area contributed by atoms with Crippen molar-refractivity contribution in [3.8, 4) is 0 Å². The standard InChI is InChI=1S/C3H7S/c1-3(2)4/h3H,1-2H3. The van der Waals surface area contributed by atoms with E-state index in [4.69, 9.17) is 0 Å². The molecule has 0 aliphatic carbocycles. The predicted octanol–water partition coefficient (Wildman–Crippen LogP) is 1.59. The van der Waals surface area contributed by atoms with Crippen LogP contribution in [0.25, 0.3) is 0 Å². The van der Waals surface area contributed by atoms with Crippen molar-refractivity contribution in [1.82, 2.24) is 0 Å². The van der Waals surface area contributed by atoms with Gasteiger partial charge in [0.15, 0.2) is 0 Å². The van der Waals surface area contributed by atoms with Gasteiger partial charge < -0.3 is 0 Å². The summed E-state index contributed by atoms with van der Waals surface area (Å²) in [5.74, 6) is 0. The summed E-state index contributed by atoms with van der Waals surface area (Å²) in [5, 5.41) is 0.417.